The molecule has 0 atom stereocenters. The Morgan fingerprint density at radius 2 is 2.10 bits per heavy atom. The Morgan fingerprint density at radius 3 is 2.67 bits per heavy atom. The van der Waals surface area contributed by atoms with Gasteiger partial charge in [0.2, 0.25) is 5.91 Å². The van der Waals surface area contributed by atoms with Gasteiger partial charge in [-0.3, -0.25) is 9.59 Å². The summed E-state index contributed by atoms with van der Waals surface area (Å²) in [4.78, 5) is 25.5. The standard InChI is InChI=1S/C16H21NO4/c1-12-7-8-14(21-12)9-10-15(18)17(11-16(19)20-2)13-5-3-4-6-13/h7-10,13H,3-6,11H2,1-2H3/b10-9+. The molecular weight excluding hydrogens is 270 g/mol. The van der Waals surface area contributed by atoms with E-state index in [9.17, 15) is 9.59 Å². The number of carbonyl (C=O) groups excluding carboxylic acids is 2. The lowest BCUT2D eigenvalue weighted by Crippen LogP contribution is -2.41. The first-order valence-corrected chi connectivity index (χ1v) is 7.22. The molecule has 0 unspecified atom stereocenters. The summed E-state index contributed by atoms with van der Waals surface area (Å²) < 4.78 is 10.1. The van der Waals surface area contributed by atoms with E-state index in [4.69, 9.17) is 4.42 Å². The molecule has 1 aliphatic rings. The van der Waals surface area contributed by atoms with Crippen LogP contribution >= 0.6 is 0 Å². The van der Waals surface area contributed by atoms with Crippen LogP contribution in [-0.2, 0) is 14.3 Å². The van der Waals surface area contributed by atoms with E-state index in [1.165, 1.54) is 13.2 Å². The minimum atomic E-state index is -0.391. The van der Waals surface area contributed by atoms with Gasteiger partial charge in [0.25, 0.3) is 0 Å². The average Bonchev–Trinajstić information content (AvgIpc) is 3.13. The molecule has 0 saturated heterocycles. The van der Waals surface area contributed by atoms with Crippen LogP contribution in [-0.4, -0.2) is 36.5 Å². The molecule has 1 fully saturated rings. The molecule has 0 radical (unpaired) electrons. The second-order valence-corrected chi connectivity index (χ2v) is 5.26. The van der Waals surface area contributed by atoms with Crippen molar-refractivity contribution in [2.24, 2.45) is 0 Å². The predicted octanol–water partition coefficient (Wildman–Crippen LogP) is 2.55. The lowest BCUT2D eigenvalue weighted by atomic mass is 10.2. The maximum absolute atomic E-state index is 12.4. The number of ether oxygens (including phenoxy) is 1. The van der Waals surface area contributed by atoms with E-state index >= 15 is 0 Å². The van der Waals surface area contributed by atoms with Gasteiger partial charge in [-0.2, -0.15) is 0 Å². The van der Waals surface area contributed by atoms with Crippen molar-refractivity contribution in [2.75, 3.05) is 13.7 Å². The number of rotatable bonds is 5. The molecule has 5 nitrogen and oxygen atoms in total. The summed E-state index contributed by atoms with van der Waals surface area (Å²) in [6.07, 6.45) is 7.16. The van der Waals surface area contributed by atoms with E-state index in [1.807, 2.05) is 13.0 Å². The minimum Gasteiger partial charge on any atom is -0.468 e. The van der Waals surface area contributed by atoms with Crippen LogP contribution in [0.3, 0.4) is 0 Å². The number of nitrogens with zero attached hydrogens (tertiary/aromatic N) is 1. The van der Waals surface area contributed by atoms with Gasteiger partial charge in [0.1, 0.15) is 18.1 Å². The molecule has 5 heteroatoms. The number of hydrogen-bond acceptors (Lipinski definition) is 4. The van der Waals surface area contributed by atoms with Crippen molar-refractivity contribution in [2.45, 2.75) is 38.6 Å². The monoisotopic (exact) mass is 291 g/mol. The quantitative estimate of drug-likeness (QED) is 0.618. The third-order valence-corrected chi connectivity index (χ3v) is 3.73. The highest BCUT2D eigenvalue weighted by Crippen LogP contribution is 2.24. The van der Waals surface area contributed by atoms with Gasteiger partial charge in [-0.15, -0.1) is 0 Å². The zero-order chi connectivity index (χ0) is 15.2. The first-order valence-electron chi connectivity index (χ1n) is 7.22. The molecule has 1 saturated carbocycles. The van der Waals surface area contributed by atoms with Gasteiger partial charge in [0.05, 0.1) is 7.11 Å². The maximum Gasteiger partial charge on any atom is 0.325 e. The molecule has 0 spiro atoms. The van der Waals surface area contributed by atoms with Crippen molar-refractivity contribution >= 4 is 18.0 Å². The van der Waals surface area contributed by atoms with Gasteiger partial charge in [0, 0.05) is 12.1 Å². The van der Waals surface area contributed by atoms with E-state index in [1.54, 1.807) is 17.0 Å². The van der Waals surface area contributed by atoms with Crippen LogP contribution < -0.4 is 0 Å². The fourth-order valence-corrected chi connectivity index (χ4v) is 2.60. The second kappa shape index (κ2) is 7.11. The first kappa shape index (κ1) is 15.4. The topological polar surface area (TPSA) is 59.8 Å². The van der Waals surface area contributed by atoms with E-state index in [-0.39, 0.29) is 18.5 Å². The smallest absolute Gasteiger partial charge is 0.325 e. The number of amides is 1. The Hall–Kier alpha value is -2.04. The minimum absolute atomic E-state index is 0.00151. The average molecular weight is 291 g/mol. The van der Waals surface area contributed by atoms with Crippen LogP contribution in [0, 0.1) is 6.92 Å². The highest BCUT2D eigenvalue weighted by Gasteiger charge is 2.27. The molecule has 0 aromatic carbocycles. The van der Waals surface area contributed by atoms with E-state index < -0.39 is 5.97 Å². The van der Waals surface area contributed by atoms with Crippen molar-refractivity contribution in [3.05, 3.63) is 29.7 Å². The molecular formula is C16H21NO4. The lowest BCUT2D eigenvalue weighted by Gasteiger charge is -2.26. The fourth-order valence-electron chi connectivity index (χ4n) is 2.60. The van der Waals surface area contributed by atoms with E-state index in [2.05, 4.69) is 4.74 Å². The van der Waals surface area contributed by atoms with Gasteiger partial charge in [-0.25, -0.2) is 0 Å². The molecule has 1 aromatic heterocycles. The molecule has 1 heterocycles. The summed E-state index contributed by atoms with van der Waals surface area (Å²) in [6, 6.07) is 3.77. The summed E-state index contributed by atoms with van der Waals surface area (Å²) in [5.74, 6) is 0.855. The molecule has 21 heavy (non-hydrogen) atoms. The Kier molecular flexibility index (Phi) is 5.20. The van der Waals surface area contributed by atoms with Crippen LogP contribution in [0.2, 0.25) is 0 Å². The normalized spacial score (nSPS) is 15.5. The van der Waals surface area contributed by atoms with E-state index in [0.717, 1.165) is 31.4 Å². The Balaban J connectivity index is 2.05. The number of aryl methyl sites for hydroxylation is 1. The van der Waals surface area contributed by atoms with Gasteiger partial charge < -0.3 is 14.1 Å². The van der Waals surface area contributed by atoms with Crippen LogP contribution in [0.5, 0.6) is 0 Å². The zero-order valence-corrected chi connectivity index (χ0v) is 12.5. The van der Waals surface area contributed by atoms with Gasteiger partial charge in [0.15, 0.2) is 0 Å². The van der Waals surface area contributed by atoms with Crippen LogP contribution in [0.15, 0.2) is 22.6 Å². The summed E-state index contributed by atoms with van der Waals surface area (Å²) >= 11 is 0. The highest BCUT2D eigenvalue weighted by molar-refractivity contribution is 5.93. The number of carbonyl (C=O) groups is 2. The zero-order valence-electron chi connectivity index (χ0n) is 12.5. The molecule has 0 N–H and O–H groups in total. The molecule has 114 valence electrons. The van der Waals surface area contributed by atoms with Crippen molar-refractivity contribution in [3.63, 3.8) is 0 Å². The number of methoxy groups -OCH3 is 1. The van der Waals surface area contributed by atoms with Crippen molar-refractivity contribution in [1.29, 1.82) is 0 Å². The van der Waals surface area contributed by atoms with Crippen molar-refractivity contribution in [3.8, 4) is 0 Å². The Bertz CT molecular complexity index is 526. The molecule has 1 aliphatic carbocycles. The molecule has 1 aromatic rings. The second-order valence-electron chi connectivity index (χ2n) is 5.26. The third kappa shape index (κ3) is 4.21. The molecule has 0 bridgehead atoms. The van der Waals surface area contributed by atoms with Crippen LogP contribution in [0.25, 0.3) is 6.08 Å². The van der Waals surface area contributed by atoms with Crippen molar-refractivity contribution < 1.29 is 18.7 Å². The lowest BCUT2D eigenvalue weighted by molar-refractivity contribution is -0.146. The van der Waals surface area contributed by atoms with Crippen molar-refractivity contribution in [1.82, 2.24) is 4.90 Å². The fraction of sp³-hybridized carbons (Fsp3) is 0.500. The van der Waals surface area contributed by atoms with Crippen LogP contribution in [0.4, 0.5) is 0 Å². The molecule has 1 amide bonds. The van der Waals surface area contributed by atoms with Crippen LogP contribution in [0.1, 0.15) is 37.2 Å². The first-order chi connectivity index (χ1) is 10.1. The number of hydrogen-bond donors (Lipinski definition) is 0. The largest absolute Gasteiger partial charge is 0.468 e. The highest BCUT2D eigenvalue weighted by atomic mass is 16.5. The molecule has 0 aliphatic heterocycles. The SMILES string of the molecule is COC(=O)CN(C(=O)/C=C/c1ccc(C)o1)C1CCCC1. The summed E-state index contributed by atoms with van der Waals surface area (Å²) in [7, 11) is 1.33. The number of esters is 1. The third-order valence-electron chi connectivity index (χ3n) is 3.73. The Morgan fingerprint density at radius 1 is 1.38 bits per heavy atom. The maximum atomic E-state index is 12.4. The summed E-state index contributed by atoms with van der Waals surface area (Å²) in [5.41, 5.74) is 0. The van der Waals surface area contributed by atoms with Gasteiger partial charge in [-0.1, -0.05) is 12.8 Å². The summed E-state index contributed by atoms with van der Waals surface area (Å²) in [5, 5.41) is 0. The van der Waals surface area contributed by atoms with Gasteiger partial charge in [-0.05, 0) is 38.0 Å². The number of furan rings is 1. The van der Waals surface area contributed by atoms with Gasteiger partial charge >= 0.3 is 5.97 Å². The summed E-state index contributed by atoms with van der Waals surface area (Å²) in [6.45, 7) is 1.85. The Labute approximate surface area is 124 Å². The molecule has 2 rings (SSSR count). The predicted molar refractivity (Wildman–Crippen MR) is 78.5 cm³/mol. The van der Waals surface area contributed by atoms with E-state index in [0.29, 0.717) is 5.76 Å².